The Bertz CT molecular complexity index is 943. The molecule has 1 saturated heterocycles. The molecule has 8 nitrogen and oxygen atoms in total. The average Bonchev–Trinajstić information content (AvgIpc) is 3.13. The molecule has 32 heavy (non-hydrogen) atoms. The number of nitrogens with zero attached hydrogens (tertiary/aromatic N) is 5. The van der Waals surface area contributed by atoms with Crippen molar-refractivity contribution in [3.05, 3.63) is 17.4 Å². The van der Waals surface area contributed by atoms with Gasteiger partial charge in [-0.2, -0.15) is 13.2 Å². The van der Waals surface area contributed by atoms with Gasteiger partial charge >= 0.3 is 18.3 Å². The highest BCUT2D eigenvalue weighted by molar-refractivity contribution is 7.16. The first-order chi connectivity index (χ1) is 14.9. The number of rotatable bonds is 4. The van der Waals surface area contributed by atoms with Gasteiger partial charge in [-0.3, -0.25) is 0 Å². The lowest BCUT2D eigenvalue weighted by atomic mass is 10.1. The highest BCUT2D eigenvalue weighted by Crippen LogP contribution is 2.43. The normalized spacial score (nSPS) is 17.4. The van der Waals surface area contributed by atoms with Crippen molar-refractivity contribution in [2.45, 2.75) is 52.4 Å². The van der Waals surface area contributed by atoms with Crippen LogP contribution in [-0.4, -0.2) is 63.8 Å². The minimum Gasteiger partial charge on any atom is -0.464 e. The summed E-state index contributed by atoms with van der Waals surface area (Å²) in [6, 6.07) is -0.122. The Balaban J connectivity index is 1.87. The Hall–Kier alpha value is -2.63. The lowest BCUT2D eigenvalue weighted by Gasteiger charge is -2.40. The topological polar surface area (TPSA) is 80.7 Å². The van der Waals surface area contributed by atoms with Gasteiger partial charge in [-0.1, -0.05) is 11.3 Å². The minimum absolute atomic E-state index is 0.142. The highest BCUT2D eigenvalue weighted by Gasteiger charge is 2.39. The zero-order valence-electron chi connectivity index (χ0n) is 18.6. The van der Waals surface area contributed by atoms with E-state index < -0.39 is 22.9 Å². The van der Waals surface area contributed by atoms with Crippen LogP contribution in [0.25, 0.3) is 11.3 Å². The lowest BCUT2D eigenvalue weighted by molar-refractivity contribution is -0.137. The van der Waals surface area contributed by atoms with E-state index >= 15 is 0 Å². The van der Waals surface area contributed by atoms with Crippen LogP contribution in [0.1, 0.15) is 39.6 Å². The molecule has 0 saturated carbocycles. The summed E-state index contributed by atoms with van der Waals surface area (Å²) in [5.41, 5.74) is -0.116. The number of carbonyl (C=O) groups is 1. The van der Waals surface area contributed by atoms with E-state index in [9.17, 15) is 18.0 Å². The van der Waals surface area contributed by atoms with Gasteiger partial charge in [0.05, 0.1) is 6.61 Å². The first-order valence-corrected chi connectivity index (χ1v) is 11.0. The van der Waals surface area contributed by atoms with E-state index in [0.717, 1.165) is 0 Å². The molecule has 0 bridgehead atoms. The number of halogens is 3. The molecule has 2 aromatic heterocycles. The zero-order valence-corrected chi connectivity index (χ0v) is 19.4. The van der Waals surface area contributed by atoms with E-state index in [1.54, 1.807) is 32.6 Å². The minimum atomic E-state index is -4.58. The Morgan fingerprint density at radius 3 is 2.41 bits per heavy atom. The first kappa shape index (κ1) is 24.0. The van der Waals surface area contributed by atoms with E-state index in [0.29, 0.717) is 48.1 Å². The fourth-order valence-electron chi connectivity index (χ4n) is 3.21. The maximum atomic E-state index is 13.4. The molecule has 1 aliphatic heterocycles. The van der Waals surface area contributed by atoms with Gasteiger partial charge in [0.15, 0.2) is 0 Å². The average molecular weight is 474 g/mol. The monoisotopic (exact) mass is 473 g/mol. The zero-order chi connectivity index (χ0) is 23.7. The number of thiazole rings is 1. The summed E-state index contributed by atoms with van der Waals surface area (Å²) in [5, 5.41) is -0.584. The lowest BCUT2D eigenvalue weighted by Crippen LogP contribution is -2.55. The predicted octanol–water partition coefficient (Wildman–Crippen LogP) is 4.46. The molecule has 1 amide bonds. The number of carbonyl (C=O) groups excluding carboxylic acids is 1. The number of ether oxygens (including phenoxy) is 2. The van der Waals surface area contributed by atoms with E-state index in [-0.39, 0.29) is 17.7 Å². The van der Waals surface area contributed by atoms with Crippen LogP contribution in [-0.2, 0) is 10.9 Å². The smallest absolute Gasteiger partial charge is 0.443 e. The molecule has 1 atom stereocenters. The van der Waals surface area contributed by atoms with Crippen LogP contribution >= 0.6 is 11.3 Å². The summed E-state index contributed by atoms with van der Waals surface area (Å²) in [6.07, 6.45) is -2.22. The second-order valence-corrected chi connectivity index (χ2v) is 9.30. The van der Waals surface area contributed by atoms with Crippen molar-refractivity contribution in [1.29, 1.82) is 0 Å². The van der Waals surface area contributed by atoms with Gasteiger partial charge in [0.2, 0.25) is 5.01 Å². The maximum absolute atomic E-state index is 13.4. The third-order valence-electron chi connectivity index (χ3n) is 4.57. The van der Waals surface area contributed by atoms with Crippen molar-refractivity contribution in [1.82, 2.24) is 19.9 Å². The number of alkyl halides is 3. The number of hydrogen-bond acceptors (Lipinski definition) is 8. The van der Waals surface area contributed by atoms with Gasteiger partial charge in [0.1, 0.15) is 16.3 Å². The Kier molecular flexibility index (Phi) is 6.82. The van der Waals surface area contributed by atoms with Gasteiger partial charge in [-0.05, 0) is 34.6 Å². The molecule has 176 valence electrons. The molecular weight excluding hydrogens is 447 g/mol. The van der Waals surface area contributed by atoms with Crippen molar-refractivity contribution < 1.29 is 27.4 Å². The molecule has 3 heterocycles. The second-order valence-electron chi connectivity index (χ2n) is 8.33. The predicted molar refractivity (Wildman–Crippen MR) is 114 cm³/mol. The standard InChI is InChI=1S/C20H26F3N5O3S/c1-6-30-17-24-9-13(10-25-17)14-15(32-16(26-14)20(21,22)23)27-7-8-28(12(2)11-27)18(29)31-19(3,4)5/h9-10,12H,6-8,11H2,1-5H3. The molecule has 0 N–H and O–H groups in total. The molecule has 1 fully saturated rings. The fraction of sp³-hybridized carbons (Fsp3) is 0.600. The van der Waals surface area contributed by atoms with Crippen molar-refractivity contribution in [3.63, 3.8) is 0 Å². The number of hydrogen-bond donors (Lipinski definition) is 0. The second kappa shape index (κ2) is 9.08. The van der Waals surface area contributed by atoms with Crippen LogP contribution in [0.5, 0.6) is 6.01 Å². The Morgan fingerprint density at radius 1 is 1.22 bits per heavy atom. The molecule has 0 spiro atoms. The van der Waals surface area contributed by atoms with Crippen molar-refractivity contribution in [2.75, 3.05) is 31.1 Å². The van der Waals surface area contributed by atoms with Crippen molar-refractivity contribution in [2.24, 2.45) is 0 Å². The Labute approximate surface area is 188 Å². The quantitative estimate of drug-likeness (QED) is 0.648. The number of aromatic nitrogens is 3. The molecule has 0 aromatic carbocycles. The fourth-order valence-corrected chi connectivity index (χ4v) is 4.20. The van der Waals surface area contributed by atoms with Crippen molar-refractivity contribution >= 4 is 22.4 Å². The number of anilines is 1. The summed E-state index contributed by atoms with van der Waals surface area (Å²) in [6.45, 7) is 10.3. The maximum Gasteiger partial charge on any atom is 0.443 e. The van der Waals surface area contributed by atoms with Crippen LogP contribution in [0.2, 0.25) is 0 Å². The SMILES string of the molecule is CCOc1ncc(-c2nc(C(F)(F)F)sc2N2CCN(C(=O)OC(C)(C)C)C(C)C2)cn1. The first-order valence-electron chi connectivity index (χ1n) is 10.2. The summed E-state index contributed by atoms with van der Waals surface area (Å²) in [4.78, 5) is 27.8. The summed E-state index contributed by atoms with van der Waals surface area (Å²) >= 11 is 0.572. The highest BCUT2D eigenvalue weighted by atomic mass is 32.1. The molecule has 2 aromatic rings. The number of amides is 1. The largest absolute Gasteiger partial charge is 0.464 e. The molecular formula is C20H26F3N5O3S. The van der Waals surface area contributed by atoms with Crippen molar-refractivity contribution in [3.8, 4) is 17.3 Å². The van der Waals surface area contributed by atoms with Crippen LogP contribution in [0.15, 0.2) is 12.4 Å². The van der Waals surface area contributed by atoms with Gasteiger partial charge in [0, 0.05) is 43.6 Å². The van der Waals surface area contributed by atoms with Crippen LogP contribution in [0.3, 0.4) is 0 Å². The summed E-state index contributed by atoms with van der Waals surface area (Å²) in [7, 11) is 0. The van der Waals surface area contributed by atoms with Gasteiger partial charge in [-0.25, -0.2) is 19.7 Å². The number of piperazine rings is 1. The van der Waals surface area contributed by atoms with E-state index in [1.807, 2.05) is 11.8 Å². The van der Waals surface area contributed by atoms with Gasteiger partial charge in [-0.15, -0.1) is 0 Å². The van der Waals surface area contributed by atoms with Crippen LogP contribution < -0.4 is 9.64 Å². The van der Waals surface area contributed by atoms with Crippen LogP contribution in [0, 0.1) is 0 Å². The summed E-state index contributed by atoms with van der Waals surface area (Å²) in [5.74, 6) is 0. The Morgan fingerprint density at radius 2 is 1.88 bits per heavy atom. The molecule has 0 radical (unpaired) electrons. The van der Waals surface area contributed by atoms with Gasteiger partial charge < -0.3 is 19.3 Å². The van der Waals surface area contributed by atoms with E-state index in [2.05, 4.69) is 15.0 Å². The third kappa shape index (κ3) is 5.59. The van der Waals surface area contributed by atoms with Crippen LogP contribution in [0.4, 0.5) is 23.0 Å². The van der Waals surface area contributed by atoms with E-state index in [1.165, 1.54) is 12.4 Å². The molecule has 12 heteroatoms. The molecule has 0 aliphatic carbocycles. The molecule has 1 unspecified atom stereocenters. The summed E-state index contributed by atoms with van der Waals surface area (Å²) < 4.78 is 51.0. The van der Waals surface area contributed by atoms with Gasteiger partial charge in [0.25, 0.3) is 0 Å². The van der Waals surface area contributed by atoms with E-state index in [4.69, 9.17) is 9.47 Å². The third-order valence-corrected chi connectivity index (χ3v) is 5.73. The molecule has 3 rings (SSSR count). The molecule has 1 aliphatic rings.